The first-order chi connectivity index (χ1) is 14.2. The standard InChI is InChI=1S/C21H23N3O5S/c1-4-24(15-8-6-5-7-9-15)19(25)12-13-30(28,29)16-10-11-17-18(14-16)23(3)21(27)20(26)22(17)2/h5-11,14H,4,12-13H2,1-3H3. The Balaban J connectivity index is 1.89. The van der Waals surface area contributed by atoms with Crippen LogP contribution in [0.2, 0.25) is 0 Å². The van der Waals surface area contributed by atoms with E-state index in [1.54, 1.807) is 12.1 Å². The van der Waals surface area contributed by atoms with Gasteiger partial charge in [-0.25, -0.2) is 8.42 Å². The van der Waals surface area contributed by atoms with Crippen LogP contribution in [0.25, 0.3) is 11.0 Å². The number of anilines is 1. The van der Waals surface area contributed by atoms with Crippen LogP contribution in [0.3, 0.4) is 0 Å². The Morgan fingerprint density at radius 1 is 0.933 bits per heavy atom. The highest BCUT2D eigenvalue weighted by Gasteiger charge is 2.21. The number of nitrogens with zero attached hydrogens (tertiary/aromatic N) is 3. The molecule has 0 fully saturated rings. The van der Waals surface area contributed by atoms with Crippen molar-refractivity contribution in [3.63, 3.8) is 0 Å². The second kappa shape index (κ2) is 8.27. The zero-order chi connectivity index (χ0) is 22.1. The van der Waals surface area contributed by atoms with Gasteiger partial charge in [-0.3, -0.25) is 14.4 Å². The van der Waals surface area contributed by atoms with Crippen molar-refractivity contribution in [2.75, 3.05) is 17.2 Å². The summed E-state index contributed by atoms with van der Waals surface area (Å²) in [5, 5.41) is 0. The van der Waals surface area contributed by atoms with Crippen LogP contribution in [-0.4, -0.2) is 35.8 Å². The molecule has 0 aliphatic carbocycles. The van der Waals surface area contributed by atoms with Crippen LogP contribution >= 0.6 is 0 Å². The maximum absolute atomic E-state index is 12.8. The van der Waals surface area contributed by atoms with E-state index < -0.39 is 21.0 Å². The first-order valence-corrected chi connectivity index (χ1v) is 11.1. The van der Waals surface area contributed by atoms with Gasteiger partial charge in [0.15, 0.2) is 9.84 Å². The molecule has 0 atom stereocenters. The van der Waals surface area contributed by atoms with Crippen LogP contribution in [-0.2, 0) is 28.7 Å². The van der Waals surface area contributed by atoms with E-state index in [0.29, 0.717) is 23.3 Å². The van der Waals surface area contributed by atoms with Crippen molar-refractivity contribution in [2.24, 2.45) is 14.1 Å². The maximum Gasteiger partial charge on any atom is 0.316 e. The molecule has 3 rings (SSSR count). The van der Waals surface area contributed by atoms with E-state index in [2.05, 4.69) is 0 Å². The molecule has 1 amide bonds. The molecule has 2 aromatic carbocycles. The van der Waals surface area contributed by atoms with Crippen LogP contribution in [0, 0.1) is 0 Å². The Labute approximate surface area is 173 Å². The summed E-state index contributed by atoms with van der Waals surface area (Å²) in [6.07, 6.45) is -0.171. The molecular formula is C21H23N3O5S. The molecule has 1 aromatic heterocycles. The Kier molecular flexibility index (Phi) is 5.93. The van der Waals surface area contributed by atoms with Crippen molar-refractivity contribution in [3.05, 3.63) is 69.2 Å². The summed E-state index contributed by atoms with van der Waals surface area (Å²) < 4.78 is 28.0. The van der Waals surface area contributed by atoms with Crippen molar-refractivity contribution in [1.82, 2.24) is 9.13 Å². The van der Waals surface area contributed by atoms with Gasteiger partial charge < -0.3 is 14.0 Å². The number of para-hydroxylation sites is 1. The smallest absolute Gasteiger partial charge is 0.313 e. The van der Waals surface area contributed by atoms with Crippen molar-refractivity contribution >= 4 is 32.5 Å². The fourth-order valence-corrected chi connectivity index (χ4v) is 4.59. The minimum absolute atomic E-state index is 0.000733. The molecule has 30 heavy (non-hydrogen) atoms. The number of carbonyl (C=O) groups is 1. The van der Waals surface area contributed by atoms with Gasteiger partial charge in [0.05, 0.1) is 21.7 Å². The molecule has 1 heterocycles. The summed E-state index contributed by atoms with van der Waals surface area (Å²) in [5.41, 5.74) is 0.0549. The van der Waals surface area contributed by atoms with E-state index in [-0.39, 0.29) is 23.0 Å². The third-order valence-corrected chi connectivity index (χ3v) is 6.80. The summed E-state index contributed by atoms with van der Waals surface area (Å²) in [6.45, 7) is 2.25. The lowest BCUT2D eigenvalue weighted by atomic mass is 10.2. The summed E-state index contributed by atoms with van der Waals surface area (Å²) in [6, 6.07) is 13.3. The highest BCUT2D eigenvalue weighted by molar-refractivity contribution is 7.91. The summed E-state index contributed by atoms with van der Waals surface area (Å²) in [4.78, 5) is 38.2. The van der Waals surface area contributed by atoms with E-state index >= 15 is 0 Å². The number of carbonyl (C=O) groups excluding carboxylic acids is 1. The minimum Gasteiger partial charge on any atom is -0.313 e. The van der Waals surface area contributed by atoms with Crippen LogP contribution in [0.1, 0.15) is 13.3 Å². The third-order valence-electron chi connectivity index (χ3n) is 5.09. The lowest BCUT2D eigenvalue weighted by molar-refractivity contribution is -0.118. The van der Waals surface area contributed by atoms with Gasteiger partial charge in [0.1, 0.15) is 0 Å². The molecule has 8 nitrogen and oxygen atoms in total. The highest BCUT2D eigenvalue weighted by atomic mass is 32.2. The predicted octanol–water partition coefficient (Wildman–Crippen LogP) is 1.45. The van der Waals surface area contributed by atoms with E-state index in [9.17, 15) is 22.8 Å². The topological polar surface area (TPSA) is 98.5 Å². The molecule has 0 saturated carbocycles. The monoisotopic (exact) mass is 429 g/mol. The average Bonchev–Trinajstić information content (AvgIpc) is 2.75. The summed E-state index contributed by atoms with van der Waals surface area (Å²) >= 11 is 0. The molecule has 158 valence electrons. The SMILES string of the molecule is CCN(C(=O)CCS(=O)(=O)c1ccc2c(c1)n(C)c(=O)c(=O)n2C)c1ccccc1. The number of sulfone groups is 1. The zero-order valence-corrected chi connectivity index (χ0v) is 17.8. The molecule has 0 aliphatic rings. The Bertz CT molecular complexity index is 1320. The second-order valence-corrected chi connectivity index (χ2v) is 9.03. The second-order valence-electron chi connectivity index (χ2n) is 6.92. The number of amides is 1. The number of aromatic nitrogens is 2. The first kappa shape index (κ1) is 21.5. The lowest BCUT2D eigenvalue weighted by Gasteiger charge is -2.21. The molecule has 0 aliphatic heterocycles. The van der Waals surface area contributed by atoms with Crippen molar-refractivity contribution in [2.45, 2.75) is 18.2 Å². The van der Waals surface area contributed by atoms with Gasteiger partial charge in [0.2, 0.25) is 5.91 Å². The van der Waals surface area contributed by atoms with Crippen LogP contribution < -0.4 is 16.0 Å². The number of rotatable bonds is 6. The summed E-state index contributed by atoms with van der Waals surface area (Å²) in [7, 11) is -0.892. The number of hydrogen-bond acceptors (Lipinski definition) is 5. The van der Waals surface area contributed by atoms with Crippen LogP contribution in [0.4, 0.5) is 5.69 Å². The average molecular weight is 429 g/mol. The molecule has 0 radical (unpaired) electrons. The Morgan fingerprint density at radius 3 is 2.13 bits per heavy atom. The number of benzene rings is 2. The molecule has 3 aromatic rings. The van der Waals surface area contributed by atoms with Gasteiger partial charge in [-0.05, 0) is 37.3 Å². The molecule has 0 spiro atoms. The van der Waals surface area contributed by atoms with Gasteiger partial charge >= 0.3 is 11.1 Å². The largest absolute Gasteiger partial charge is 0.316 e. The number of fused-ring (bicyclic) bond motifs is 1. The van der Waals surface area contributed by atoms with Crippen molar-refractivity contribution in [1.29, 1.82) is 0 Å². The van der Waals surface area contributed by atoms with Crippen molar-refractivity contribution in [3.8, 4) is 0 Å². The Hall–Kier alpha value is -3.20. The van der Waals surface area contributed by atoms with Gasteiger partial charge in [0, 0.05) is 32.7 Å². The molecule has 9 heteroatoms. The molecule has 0 N–H and O–H groups in total. The molecule has 0 saturated heterocycles. The van der Waals surface area contributed by atoms with Gasteiger partial charge in [-0.1, -0.05) is 18.2 Å². The van der Waals surface area contributed by atoms with Gasteiger partial charge in [-0.2, -0.15) is 0 Å². The zero-order valence-electron chi connectivity index (χ0n) is 17.0. The number of aryl methyl sites for hydroxylation is 2. The van der Waals surface area contributed by atoms with E-state index in [1.165, 1.54) is 41.8 Å². The van der Waals surface area contributed by atoms with E-state index in [1.807, 2.05) is 25.1 Å². The van der Waals surface area contributed by atoms with Crippen LogP contribution in [0.5, 0.6) is 0 Å². The normalized spacial score (nSPS) is 11.6. The van der Waals surface area contributed by atoms with E-state index in [0.717, 1.165) is 4.57 Å². The fraction of sp³-hybridized carbons (Fsp3) is 0.286. The van der Waals surface area contributed by atoms with E-state index in [4.69, 9.17) is 0 Å². The molecular weight excluding hydrogens is 406 g/mol. The van der Waals surface area contributed by atoms with Crippen LogP contribution in [0.15, 0.2) is 63.0 Å². The molecule has 0 unspecified atom stereocenters. The first-order valence-electron chi connectivity index (χ1n) is 9.45. The predicted molar refractivity (Wildman–Crippen MR) is 116 cm³/mol. The Morgan fingerprint density at radius 2 is 1.53 bits per heavy atom. The van der Waals surface area contributed by atoms with Gasteiger partial charge in [-0.15, -0.1) is 0 Å². The molecule has 0 bridgehead atoms. The lowest BCUT2D eigenvalue weighted by Crippen LogP contribution is -2.39. The van der Waals surface area contributed by atoms with Gasteiger partial charge in [0.25, 0.3) is 0 Å². The minimum atomic E-state index is -3.77. The fourth-order valence-electron chi connectivity index (χ4n) is 3.34. The van der Waals surface area contributed by atoms with Crippen molar-refractivity contribution < 1.29 is 13.2 Å². The summed E-state index contributed by atoms with van der Waals surface area (Å²) in [5.74, 6) is -0.650. The quantitative estimate of drug-likeness (QED) is 0.553. The maximum atomic E-state index is 12.8. The third kappa shape index (κ3) is 3.93. The highest BCUT2D eigenvalue weighted by Crippen LogP contribution is 2.20. The number of hydrogen-bond donors (Lipinski definition) is 0.